The number of aromatic nitrogens is 2. The molecule has 0 aliphatic carbocycles. The maximum atomic E-state index is 2.32. The van der Waals surface area contributed by atoms with Gasteiger partial charge in [-0.3, -0.25) is 0 Å². The lowest BCUT2D eigenvalue weighted by molar-refractivity contribution is -0.700. The fourth-order valence-corrected chi connectivity index (χ4v) is 1.50. The highest BCUT2D eigenvalue weighted by molar-refractivity contribution is 4.81. The van der Waals surface area contributed by atoms with Crippen LogP contribution in [0.4, 0.5) is 0 Å². The van der Waals surface area contributed by atoms with Crippen LogP contribution >= 0.6 is 0 Å². The second kappa shape index (κ2) is 4.29. The smallest absolute Gasteiger partial charge is 0.237 e. The summed E-state index contributed by atoms with van der Waals surface area (Å²) in [4.78, 5) is 0. The van der Waals surface area contributed by atoms with Gasteiger partial charge in [-0.2, -0.15) is 0 Å². The molecule has 0 saturated carbocycles. The van der Waals surface area contributed by atoms with Crippen molar-refractivity contribution in [3.05, 3.63) is 18.2 Å². The van der Waals surface area contributed by atoms with Crippen molar-refractivity contribution in [1.82, 2.24) is 4.57 Å². The first-order chi connectivity index (χ1) is 5.79. The maximum absolute atomic E-state index is 2.32. The molecule has 0 N–H and O–H groups in total. The minimum absolute atomic E-state index is 1.08. The largest absolute Gasteiger partial charge is 0.256 e. The summed E-state index contributed by atoms with van der Waals surface area (Å²) >= 11 is 0. The van der Waals surface area contributed by atoms with Gasteiger partial charge in [-0.05, 0) is 13.3 Å². The van der Waals surface area contributed by atoms with E-state index < -0.39 is 0 Å². The van der Waals surface area contributed by atoms with E-state index in [1.165, 1.54) is 25.1 Å². The Kier molecular flexibility index (Phi) is 3.32. The van der Waals surface area contributed by atoms with E-state index in [9.17, 15) is 0 Å². The van der Waals surface area contributed by atoms with E-state index in [0.29, 0.717) is 0 Å². The van der Waals surface area contributed by atoms with Gasteiger partial charge < -0.3 is 0 Å². The molecule has 0 fully saturated rings. The fourth-order valence-electron chi connectivity index (χ4n) is 1.50. The number of unbranched alkanes of at least 4 members (excludes halogenated alkanes) is 1. The van der Waals surface area contributed by atoms with Gasteiger partial charge in [-0.15, -0.1) is 0 Å². The zero-order chi connectivity index (χ0) is 8.97. The molecule has 0 radical (unpaired) electrons. The number of hydrogen-bond donors (Lipinski definition) is 0. The Morgan fingerprint density at radius 2 is 2.17 bits per heavy atom. The molecular weight excluding hydrogens is 148 g/mol. The molecule has 0 amide bonds. The Labute approximate surface area is 74.8 Å². The molecule has 1 aromatic rings. The molecule has 1 rings (SSSR count). The molecule has 0 spiro atoms. The first-order valence-electron chi connectivity index (χ1n) is 4.83. The number of imidazole rings is 1. The van der Waals surface area contributed by atoms with Gasteiger partial charge in [0.15, 0.2) is 0 Å². The number of hydrogen-bond acceptors (Lipinski definition) is 0. The molecule has 2 nitrogen and oxygen atoms in total. The Morgan fingerprint density at radius 3 is 2.75 bits per heavy atom. The third-order valence-electron chi connectivity index (χ3n) is 2.30. The molecule has 0 atom stereocenters. The van der Waals surface area contributed by atoms with Gasteiger partial charge in [0.2, 0.25) is 0 Å². The van der Waals surface area contributed by atoms with Crippen molar-refractivity contribution in [3.63, 3.8) is 0 Å². The third kappa shape index (κ3) is 1.87. The molecule has 0 aromatic carbocycles. The van der Waals surface area contributed by atoms with Crippen molar-refractivity contribution in [1.29, 1.82) is 0 Å². The van der Waals surface area contributed by atoms with Crippen molar-refractivity contribution < 1.29 is 4.57 Å². The Balaban J connectivity index is 2.72. The molecule has 0 saturated heterocycles. The molecule has 0 unspecified atom stereocenters. The zero-order valence-electron chi connectivity index (χ0n) is 8.38. The SMILES string of the molecule is CCCCc1n(C)cc[n+]1CC. The predicted octanol–water partition coefficient (Wildman–Crippen LogP) is 1.68. The second-order valence-electron chi connectivity index (χ2n) is 3.21. The molecule has 2 heteroatoms. The van der Waals surface area contributed by atoms with E-state index in [4.69, 9.17) is 0 Å². The van der Waals surface area contributed by atoms with Crippen LogP contribution in [0.2, 0.25) is 0 Å². The summed E-state index contributed by atoms with van der Waals surface area (Å²) in [7, 11) is 2.12. The summed E-state index contributed by atoms with van der Waals surface area (Å²) in [5.41, 5.74) is 0. The van der Waals surface area contributed by atoms with Crippen LogP contribution in [-0.4, -0.2) is 4.57 Å². The Bertz CT molecular complexity index is 238. The van der Waals surface area contributed by atoms with Crippen molar-refractivity contribution in [3.8, 4) is 0 Å². The van der Waals surface area contributed by atoms with Crippen molar-refractivity contribution in [2.75, 3.05) is 0 Å². The highest BCUT2D eigenvalue weighted by Crippen LogP contribution is 1.99. The molecule has 68 valence electrons. The van der Waals surface area contributed by atoms with E-state index in [0.717, 1.165) is 6.54 Å². The second-order valence-corrected chi connectivity index (χ2v) is 3.21. The number of nitrogens with zero attached hydrogens (tertiary/aromatic N) is 2. The van der Waals surface area contributed by atoms with Crippen molar-refractivity contribution in [2.24, 2.45) is 7.05 Å². The van der Waals surface area contributed by atoms with Crippen LogP contribution in [0, 0.1) is 0 Å². The predicted molar refractivity (Wildman–Crippen MR) is 49.9 cm³/mol. The molecular formula is C10H19N2+. The lowest BCUT2D eigenvalue weighted by Crippen LogP contribution is -2.35. The van der Waals surface area contributed by atoms with Gasteiger partial charge in [0.25, 0.3) is 5.82 Å². The van der Waals surface area contributed by atoms with Crippen LogP contribution in [0.25, 0.3) is 0 Å². The van der Waals surface area contributed by atoms with Crippen LogP contribution in [0.1, 0.15) is 32.5 Å². The monoisotopic (exact) mass is 167 g/mol. The minimum atomic E-state index is 1.08. The summed E-state index contributed by atoms with van der Waals surface area (Å²) in [5.74, 6) is 1.44. The summed E-state index contributed by atoms with van der Waals surface area (Å²) in [6.07, 6.45) is 8.06. The molecule has 12 heavy (non-hydrogen) atoms. The lowest BCUT2D eigenvalue weighted by Gasteiger charge is -1.98. The number of rotatable bonds is 4. The van der Waals surface area contributed by atoms with Crippen molar-refractivity contribution in [2.45, 2.75) is 39.7 Å². The van der Waals surface area contributed by atoms with Gasteiger partial charge in [0.05, 0.1) is 13.6 Å². The average molecular weight is 167 g/mol. The minimum Gasteiger partial charge on any atom is -0.237 e. The van der Waals surface area contributed by atoms with Crippen LogP contribution in [-0.2, 0) is 20.0 Å². The third-order valence-corrected chi connectivity index (χ3v) is 2.30. The number of aryl methyl sites for hydroxylation is 2. The topological polar surface area (TPSA) is 8.81 Å². The van der Waals surface area contributed by atoms with Gasteiger partial charge in [-0.25, -0.2) is 9.13 Å². The zero-order valence-corrected chi connectivity index (χ0v) is 8.38. The van der Waals surface area contributed by atoms with E-state index in [1.807, 2.05) is 0 Å². The summed E-state index contributed by atoms with van der Waals surface area (Å²) in [5, 5.41) is 0. The highest BCUT2D eigenvalue weighted by Gasteiger charge is 2.10. The normalized spacial score (nSPS) is 10.6. The first-order valence-corrected chi connectivity index (χ1v) is 4.83. The summed E-state index contributed by atoms with van der Waals surface area (Å²) in [6.45, 7) is 5.51. The van der Waals surface area contributed by atoms with Crippen molar-refractivity contribution >= 4 is 0 Å². The molecule has 0 aliphatic heterocycles. The Morgan fingerprint density at radius 1 is 1.42 bits per heavy atom. The first kappa shape index (κ1) is 9.30. The maximum Gasteiger partial charge on any atom is 0.256 e. The van der Waals surface area contributed by atoms with E-state index in [2.05, 4.69) is 42.4 Å². The molecule has 0 aliphatic rings. The molecule has 1 heterocycles. The molecule has 1 aromatic heterocycles. The van der Waals surface area contributed by atoms with Gasteiger partial charge in [-0.1, -0.05) is 13.3 Å². The van der Waals surface area contributed by atoms with Crippen LogP contribution in [0.5, 0.6) is 0 Å². The average Bonchev–Trinajstić information content (AvgIpc) is 2.43. The van der Waals surface area contributed by atoms with Gasteiger partial charge in [0.1, 0.15) is 12.4 Å². The molecule has 0 bridgehead atoms. The van der Waals surface area contributed by atoms with Gasteiger partial charge in [0, 0.05) is 6.42 Å². The quantitative estimate of drug-likeness (QED) is 0.603. The van der Waals surface area contributed by atoms with E-state index in [-0.39, 0.29) is 0 Å². The van der Waals surface area contributed by atoms with E-state index in [1.54, 1.807) is 0 Å². The van der Waals surface area contributed by atoms with Crippen LogP contribution < -0.4 is 4.57 Å². The van der Waals surface area contributed by atoms with Crippen LogP contribution in [0.15, 0.2) is 12.4 Å². The van der Waals surface area contributed by atoms with Crippen LogP contribution in [0.3, 0.4) is 0 Å². The lowest BCUT2D eigenvalue weighted by atomic mass is 10.2. The summed E-state index contributed by atoms with van der Waals surface area (Å²) in [6, 6.07) is 0. The fraction of sp³-hybridized carbons (Fsp3) is 0.700. The standard InChI is InChI=1S/C10H19N2/c1-4-6-7-10-11(3)8-9-12(10)5-2/h8-9H,4-7H2,1-3H3/q+1. The highest BCUT2D eigenvalue weighted by atomic mass is 15.1. The van der Waals surface area contributed by atoms with Gasteiger partial charge >= 0.3 is 0 Å². The van der Waals surface area contributed by atoms with E-state index >= 15 is 0 Å². The Hall–Kier alpha value is -0.790. The summed E-state index contributed by atoms with van der Waals surface area (Å²) < 4.78 is 4.54.